The van der Waals surface area contributed by atoms with Crippen molar-refractivity contribution in [2.45, 2.75) is 6.42 Å². The first-order valence-corrected chi connectivity index (χ1v) is 9.04. The van der Waals surface area contributed by atoms with Gasteiger partial charge in [0, 0.05) is 35.9 Å². The van der Waals surface area contributed by atoms with Gasteiger partial charge in [-0.15, -0.1) is 0 Å². The Bertz CT molecular complexity index is 1260. The number of fused-ring (bicyclic) bond motifs is 2. The SMILES string of the molecule is Fc1ccc2[nH]nc(-c3nc4ccc(NCCc5ccccn5)cc4[nH]3)c2c1. The maximum atomic E-state index is 13.6. The van der Waals surface area contributed by atoms with Crippen LogP contribution in [0, 0.1) is 5.82 Å². The van der Waals surface area contributed by atoms with Crippen LogP contribution in [0.25, 0.3) is 33.5 Å². The maximum Gasteiger partial charge on any atom is 0.159 e. The van der Waals surface area contributed by atoms with Crippen LogP contribution < -0.4 is 5.32 Å². The van der Waals surface area contributed by atoms with Crippen molar-refractivity contribution in [2.75, 3.05) is 11.9 Å². The molecule has 3 N–H and O–H groups in total. The number of hydrogen-bond donors (Lipinski definition) is 3. The molecule has 5 aromatic rings. The summed E-state index contributed by atoms with van der Waals surface area (Å²) in [5.41, 5.74) is 5.15. The van der Waals surface area contributed by atoms with E-state index in [9.17, 15) is 4.39 Å². The zero-order chi connectivity index (χ0) is 18.9. The molecule has 0 saturated heterocycles. The van der Waals surface area contributed by atoms with Gasteiger partial charge < -0.3 is 10.3 Å². The number of benzene rings is 2. The number of nitrogens with zero attached hydrogens (tertiary/aromatic N) is 3. The summed E-state index contributed by atoms with van der Waals surface area (Å²) >= 11 is 0. The largest absolute Gasteiger partial charge is 0.385 e. The standard InChI is InChI=1S/C21H17FN6/c22-13-4-6-17-16(11-13)20(28-27-17)21-25-18-7-5-15(12-19(18)26-21)24-10-8-14-3-1-2-9-23-14/h1-7,9,11-12,24H,8,10H2,(H,25,26)(H,27,28). The second-order valence-corrected chi connectivity index (χ2v) is 6.58. The number of H-pyrrole nitrogens is 2. The molecule has 28 heavy (non-hydrogen) atoms. The molecule has 2 aromatic carbocycles. The van der Waals surface area contributed by atoms with Crippen molar-refractivity contribution in [3.63, 3.8) is 0 Å². The van der Waals surface area contributed by atoms with Crippen LogP contribution >= 0.6 is 0 Å². The van der Waals surface area contributed by atoms with Crippen molar-refractivity contribution in [1.82, 2.24) is 25.1 Å². The van der Waals surface area contributed by atoms with E-state index in [1.807, 2.05) is 36.4 Å². The molecule has 0 saturated carbocycles. The Kier molecular flexibility index (Phi) is 3.97. The van der Waals surface area contributed by atoms with Crippen LogP contribution in [-0.4, -0.2) is 31.7 Å². The number of aromatic amines is 2. The zero-order valence-corrected chi connectivity index (χ0v) is 14.9. The molecule has 0 spiro atoms. The maximum absolute atomic E-state index is 13.6. The molecular weight excluding hydrogens is 355 g/mol. The normalized spacial score (nSPS) is 11.3. The lowest BCUT2D eigenvalue weighted by molar-refractivity contribution is 0.630. The van der Waals surface area contributed by atoms with E-state index in [2.05, 4.69) is 30.5 Å². The Morgan fingerprint density at radius 1 is 1.00 bits per heavy atom. The molecule has 0 fully saturated rings. The van der Waals surface area contributed by atoms with E-state index in [1.165, 1.54) is 12.1 Å². The fourth-order valence-electron chi connectivity index (χ4n) is 3.28. The highest BCUT2D eigenvalue weighted by Crippen LogP contribution is 2.27. The van der Waals surface area contributed by atoms with E-state index in [1.54, 1.807) is 12.3 Å². The molecular formula is C21H17FN6. The zero-order valence-electron chi connectivity index (χ0n) is 14.9. The summed E-state index contributed by atoms with van der Waals surface area (Å²) in [6.07, 6.45) is 2.65. The van der Waals surface area contributed by atoms with Crippen molar-refractivity contribution >= 4 is 27.6 Å². The van der Waals surface area contributed by atoms with E-state index in [0.717, 1.165) is 40.9 Å². The summed E-state index contributed by atoms with van der Waals surface area (Å²) in [6, 6.07) is 16.4. The molecule has 138 valence electrons. The van der Waals surface area contributed by atoms with E-state index in [4.69, 9.17) is 0 Å². The summed E-state index contributed by atoms with van der Waals surface area (Å²) in [6.45, 7) is 0.785. The van der Waals surface area contributed by atoms with Crippen LogP contribution in [0.5, 0.6) is 0 Å². The number of pyridine rings is 1. The number of nitrogens with one attached hydrogen (secondary N) is 3. The molecule has 0 aliphatic rings. The second kappa shape index (κ2) is 6.77. The highest BCUT2D eigenvalue weighted by atomic mass is 19.1. The van der Waals surface area contributed by atoms with Gasteiger partial charge >= 0.3 is 0 Å². The number of aromatic nitrogens is 5. The van der Waals surface area contributed by atoms with Crippen molar-refractivity contribution in [1.29, 1.82) is 0 Å². The molecule has 0 aliphatic heterocycles. The predicted molar refractivity (Wildman–Crippen MR) is 108 cm³/mol. The van der Waals surface area contributed by atoms with Gasteiger partial charge in [0.1, 0.15) is 11.5 Å². The molecule has 0 unspecified atom stereocenters. The molecule has 3 heterocycles. The van der Waals surface area contributed by atoms with Gasteiger partial charge in [-0.2, -0.15) is 5.10 Å². The Morgan fingerprint density at radius 3 is 2.86 bits per heavy atom. The minimum atomic E-state index is -0.300. The average Bonchev–Trinajstić information content (AvgIpc) is 3.31. The van der Waals surface area contributed by atoms with Gasteiger partial charge in [-0.05, 0) is 48.5 Å². The summed E-state index contributed by atoms with van der Waals surface area (Å²) in [7, 11) is 0. The Balaban J connectivity index is 1.39. The third-order valence-electron chi connectivity index (χ3n) is 4.67. The lowest BCUT2D eigenvalue weighted by atomic mass is 10.2. The fraction of sp³-hybridized carbons (Fsp3) is 0.0952. The van der Waals surface area contributed by atoms with Gasteiger partial charge in [0.15, 0.2) is 5.82 Å². The number of halogens is 1. The molecule has 0 bridgehead atoms. The van der Waals surface area contributed by atoms with Gasteiger partial charge in [0.25, 0.3) is 0 Å². The Labute approximate surface area is 159 Å². The first-order chi connectivity index (χ1) is 13.8. The number of anilines is 1. The first-order valence-electron chi connectivity index (χ1n) is 9.04. The fourth-order valence-corrected chi connectivity index (χ4v) is 3.28. The van der Waals surface area contributed by atoms with Crippen molar-refractivity contribution in [2.24, 2.45) is 0 Å². The van der Waals surface area contributed by atoms with Crippen molar-refractivity contribution in [3.05, 3.63) is 72.3 Å². The molecule has 0 radical (unpaired) electrons. The predicted octanol–water partition coefficient (Wildman–Crippen LogP) is 4.29. The number of imidazole rings is 1. The van der Waals surface area contributed by atoms with Crippen LogP contribution in [0.2, 0.25) is 0 Å². The topological polar surface area (TPSA) is 82.3 Å². The van der Waals surface area contributed by atoms with Crippen LogP contribution in [0.15, 0.2) is 60.8 Å². The number of hydrogen-bond acceptors (Lipinski definition) is 4. The van der Waals surface area contributed by atoms with Crippen LogP contribution in [0.1, 0.15) is 5.69 Å². The minimum absolute atomic E-state index is 0.300. The Hall–Kier alpha value is -3.74. The van der Waals surface area contributed by atoms with E-state index in [-0.39, 0.29) is 5.82 Å². The molecule has 5 rings (SSSR count). The third kappa shape index (κ3) is 3.07. The first kappa shape index (κ1) is 16.4. The smallest absolute Gasteiger partial charge is 0.159 e. The van der Waals surface area contributed by atoms with Crippen molar-refractivity contribution < 1.29 is 4.39 Å². The second-order valence-electron chi connectivity index (χ2n) is 6.58. The van der Waals surface area contributed by atoms with Crippen LogP contribution in [-0.2, 0) is 6.42 Å². The highest BCUT2D eigenvalue weighted by Gasteiger charge is 2.13. The van der Waals surface area contributed by atoms with Gasteiger partial charge in [0.05, 0.1) is 16.6 Å². The lowest BCUT2D eigenvalue weighted by Gasteiger charge is -2.05. The van der Waals surface area contributed by atoms with Gasteiger partial charge in [-0.25, -0.2) is 9.37 Å². The molecule has 6 nitrogen and oxygen atoms in total. The minimum Gasteiger partial charge on any atom is -0.385 e. The summed E-state index contributed by atoms with van der Waals surface area (Å²) in [5.74, 6) is 0.308. The summed E-state index contributed by atoms with van der Waals surface area (Å²) in [5, 5.41) is 11.3. The summed E-state index contributed by atoms with van der Waals surface area (Å²) < 4.78 is 13.6. The average molecular weight is 372 g/mol. The lowest BCUT2D eigenvalue weighted by Crippen LogP contribution is -2.05. The molecule has 3 aromatic heterocycles. The third-order valence-corrected chi connectivity index (χ3v) is 4.67. The van der Waals surface area contributed by atoms with E-state index in [0.29, 0.717) is 16.9 Å². The van der Waals surface area contributed by atoms with Crippen LogP contribution in [0.3, 0.4) is 0 Å². The van der Waals surface area contributed by atoms with Crippen LogP contribution in [0.4, 0.5) is 10.1 Å². The molecule has 0 atom stereocenters. The van der Waals surface area contributed by atoms with E-state index < -0.39 is 0 Å². The van der Waals surface area contributed by atoms with Gasteiger partial charge in [-0.3, -0.25) is 10.1 Å². The van der Waals surface area contributed by atoms with E-state index >= 15 is 0 Å². The molecule has 7 heteroatoms. The highest BCUT2D eigenvalue weighted by molar-refractivity contribution is 5.93. The Morgan fingerprint density at radius 2 is 1.96 bits per heavy atom. The van der Waals surface area contributed by atoms with Crippen molar-refractivity contribution in [3.8, 4) is 11.5 Å². The molecule has 0 amide bonds. The quantitative estimate of drug-likeness (QED) is 0.430. The van der Waals surface area contributed by atoms with Gasteiger partial charge in [-0.1, -0.05) is 6.07 Å². The van der Waals surface area contributed by atoms with Gasteiger partial charge in [0.2, 0.25) is 0 Å². The summed E-state index contributed by atoms with van der Waals surface area (Å²) in [4.78, 5) is 12.2. The number of rotatable bonds is 5. The molecule has 0 aliphatic carbocycles. The monoisotopic (exact) mass is 372 g/mol.